The lowest BCUT2D eigenvalue weighted by Gasteiger charge is -2.22. The third-order valence-electron chi connectivity index (χ3n) is 4.70. The van der Waals surface area contributed by atoms with E-state index >= 15 is 0 Å². The zero-order valence-electron chi connectivity index (χ0n) is 16.7. The number of benzene rings is 2. The van der Waals surface area contributed by atoms with Gasteiger partial charge >= 0.3 is 0 Å². The first kappa shape index (κ1) is 20.6. The van der Waals surface area contributed by atoms with Crippen LogP contribution in [-0.2, 0) is 9.59 Å². The Balaban J connectivity index is 2.00. The van der Waals surface area contributed by atoms with Gasteiger partial charge in [-0.15, -0.1) is 0 Å². The molecule has 0 bridgehead atoms. The summed E-state index contributed by atoms with van der Waals surface area (Å²) in [6.45, 7) is 6.15. The molecular weight excluding hydrogens is 338 g/mol. The van der Waals surface area contributed by atoms with E-state index in [1.807, 2.05) is 43.3 Å². The Morgan fingerprint density at radius 3 is 2.22 bits per heavy atom. The third kappa shape index (κ3) is 5.66. The van der Waals surface area contributed by atoms with Crippen LogP contribution in [0.2, 0.25) is 0 Å². The first-order valence-corrected chi connectivity index (χ1v) is 9.15. The lowest BCUT2D eigenvalue weighted by Crippen LogP contribution is -2.42. The number of aryl methyl sites for hydroxylation is 2. The normalized spacial score (nSPS) is 12.9. The van der Waals surface area contributed by atoms with Gasteiger partial charge in [0, 0.05) is 14.1 Å². The minimum atomic E-state index is -0.552. The van der Waals surface area contributed by atoms with Gasteiger partial charge in [-0.05, 0) is 43.0 Å². The van der Waals surface area contributed by atoms with E-state index < -0.39 is 6.04 Å². The van der Waals surface area contributed by atoms with E-state index in [2.05, 4.69) is 36.6 Å². The zero-order chi connectivity index (χ0) is 20.0. The summed E-state index contributed by atoms with van der Waals surface area (Å²) in [7, 11) is 3.42. The number of hydrogen-bond donors (Lipinski definition) is 2. The van der Waals surface area contributed by atoms with E-state index in [4.69, 9.17) is 0 Å². The predicted octanol–water partition coefficient (Wildman–Crippen LogP) is 2.90. The number of carbonyl (C=O) groups excluding carboxylic acids is 2. The summed E-state index contributed by atoms with van der Waals surface area (Å²) in [6.07, 6.45) is 0. The molecule has 0 aliphatic carbocycles. The number of rotatable bonds is 7. The van der Waals surface area contributed by atoms with Crippen LogP contribution < -0.4 is 10.6 Å². The van der Waals surface area contributed by atoms with E-state index in [9.17, 15) is 9.59 Å². The molecule has 144 valence electrons. The van der Waals surface area contributed by atoms with E-state index in [0.29, 0.717) is 0 Å². The average molecular weight is 367 g/mol. The number of hydrogen-bond acceptors (Lipinski definition) is 3. The van der Waals surface area contributed by atoms with Gasteiger partial charge in [0.25, 0.3) is 0 Å². The second-order valence-corrected chi connectivity index (χ2v) is 7.09. The maximum atomic E-state index is 12.5. The fourth-order valence-corrected chi connectivity index (χ4v) is 2.86. The van der Waals surface area contributed by atoms with Crippen LogP contribution in [0.3, 0.4) is 0 Å². The molecule has 0 heterocycles. The van der Waals surface area contributed by atoms with Crippen LogP contribution in [0.5, 0.6) is 0 Å². The van der Waals surface area contributed by atoms with Gasteiger partial charge in [-0.1, -0.05) is 48.5 Å². The van der Waals surface area contributed by atoms with Gasteiger partial charge in [-0.2, -0.15) is 0 Å². The number of nitrogens with one attached hydrogen (secondary N) is 2. The van der Waals surface area contributed by atoms with Gasteiger partial charge < -0.3 is 10.2 Å². The lowest BCUT2D eigenvalue weighted by molar-refractivity contribution is -0.131. The molecule has 2 N–H and O–H groups in total. The van der Waals surface area contributed by atoms with Crippen molar-refractivity contribution >= 4 is 11.8 Å². The molecule has 0 radical (unpaired) electrons. The van der Waals surface area contributed by atoms with Crippen molar-refractivity contribution in [1.29, 1.82) is 0 Å². The zero-order valence-corrected chi connectivity index (χ0v) is 16.7. The van der Waals surface area contributed by atoms with E-state index in [1.165, 1.54) is 16.0 Å². The molecule has 0 aliphatic rings. The highest BCUT2D eigenvalue weighted by Crippen LogP contribution is 2.17. The SMILES string of the molecule is Cc1ccc(C(C)NC(=O)CNC(C(=O)N(C)C)c2ccccc2)cc1C. The maximum absolute atomic E-state index is 12.5. The van der Waals surface area contributed by atoms with Crippen molar-refractivity contribution in [2.75, 3.05) is 20.6 Å². The Hall–Kier alpha value is -2.66. The summed E-state index contributed by atoms with van der Waals surface area (Å²) in [6, 6.07) is 15.0. The fourth-order valence-electron chi connectivity index (χ4n) is 2.86. The standard InChI is InChI=1S/C22H29N3O2/c1-15-11-12-19(13-16(15)2)17(3)24-20(26)14-23-21(22(27)25(4)5)18-9-7-6-8-10-18/h6-13,17,21,23H,14H2,1-5H3,(H,24,26). The highest BCUT2D eigenvalue weighted by atomic mass is 16.2. The lowest BCUT2D eigenvalue weighted by atomic mass is 10.0. The van der Waals surface area contributed by atoms with Crippen LogP contribution in [-0.4, -0.2) is 37.4 Å². The average Bonchev–Trinajstić information content (AvgIpc) is 2.64. The molecule has 5 nitrogen and oxygen atoms in total. The van der Waals surface area contributed by atoms with Gasteiger partial charge in [0.15, 0.2) is 0 Å². The van der Waals surface area contributed by atoms with Crippen molar-refractivity contribution in [3.8, 4) is 0 Å². The van der Waals surface area contributed by atoms with Gasteiger partial charge in [0.2, 0.25) is 11.8 Å². The molecule has 0 fully saturated rings. The van der Waals surface area contributed by atoms with Crippen LogP contribution in [0.4, 0.5) is 0 Å². The molecule has 2 unspecified atom stereocenters. The summed E-state index contributed by atoms with van der Waals surface area (Å²) in [5, 5.41) is 6.08. The summed E-state index contributed by atoms with van der Waals surface area (Å²) < 4.78 is 0. The number of nitrogens with zero attached hydrogens (tertiary/aromatic N) is 1. The molecule has 0 aromatic heterocycles. The molecule has 5 heteroatoms. The Labute approximate surface area is 161 Å². The molecule has 2 atom stereocenters. The highest BCUT2D eigenvalue weighted by molar-refractivity contribution is 5.84. The van der Waals surface area contributed by atoms with E-state index in [0.717, 1.165) is 11.1 Å². The van der Waals surface area contributed by atoms with Gasteiger partial charge in [-0.3, -0.25) is 14.9 Å². The number of amides is 2. The third-order valence-corrected chi connectivity index (χ3v) is 4.70. The first-order chi connectivity index (χ1) is 12.8. The largest absolute Gasteiger partial charge is 0.348 e. The van der Waals surface area contributed by atoms with Crippen LogP contribution in [0.15, 0.2) is 48.5 Å². The molecule has 2 amide bonds. The van der Waals surface area contributed by atoms with Crippen LogP contribution in [0.25, 0.3) is 0 Å². The molecule has 27 heavy (non-hydrogen) atoms. The van der Waals surface area contributed by atoms with Gasteiger partial charge in [0.05, 0.1) is 12.6 Å². The van der Waals surface area contributed by atoms with Crippen molar-refractivity contribution < 1.29 is 9.59 Å². The second-order valence-electron chi connectivity index (χ2n) is 7.09. The van der Waals surface area contributed by atoms with Gasteiger partial charge in [-0.25, -0.2) is 0 Å². The Morgan fingerprint density at radius 2 is 1.63 bits per heavy atom. The fraction of sp³-hybridized carbons (Fsp3) is 0.364. The Morgan fingerprint density at radius 1 is 0.963 bits per heavy atom. The summed E-state index contributed by atoms with van der Waals surface area (Å²) >= 11 is 0. The molecule has 2 aromatic carbocycles. The monoisotopic (exact) mass is 367 g/mol. The van der Waals surface area contributed by atoms with Crippen molar-refractivity contribution in [3.63, 3.8) is 0 Å². The van der Waals surface area contributed by atoms with Crippen molar-refractivity contribution in [2.24, 2.45) is 0 Å². The van der Waals surface area contributed by atoms with E-state index in [1.54, 1.807) is 14.1 Å². The Kier molecular flexibility index (Phi) is 7.13. The quantitative estimate of drug-likeness (QED) is 0.791. The summed E-state index contributed by atoms with van der Waals surface area (Å²) in [5.41, 5.74) is 4.33. The topological polar surface area (TPSA) is 61.4 Å². The Bertz CT molecular complexity index is 787. The molecular formula is C22H29N3O2. The first-order valence-electron chi connectivity index (χ1n) is 9.15. The predicted molar refractivity (Wildman–Crippen MR) is 108 cm³/mol. The van der Waals surface area contributed by atoms with Crippen molar-refractivity contribution in [1.82, 2.24) is 15.5 Å². The maximum Gasteiger partial charge on any atom is 0.243 e. The molecule has 0 aliphatic heterocycles. The number of likely N-dealkylation sites (N-methyl/N-ethyl adjacent to an activating group) is 1. The van der Waals surface area contributed by atoms with Gasteiger partial charge in [0.1, 0.15) is 6.04 Å². The molecule has 2 aromatic rings. The van der Waals surface area contributed by atoms with Crippen molar-refractivity contribution in [2.45, 2.75) is 32.9 Å². The van der Waals surface area contributed by atoms with Crippen molar-refractivity contribution in [3.05, 3.63) is 70.8 Å². The molecule has 0 spiro atoms. The van der Waals surface area contributed by atoms with Crippen LogP contribution >= 0.6 is 0 Å². The smallest absolute Gasteiger partial charge is 0.243 e. The second kappa shape index (κ2) is 9.33. The van der Waals surface area contributed by atoms with Crippen LogP contribution in [0, 0.1) is 13.8 Å². The number of carbonyl (C=O) groups is 2. The van der Waals surface area contributed by atoms with Crippen LogP contribution in [0.1, 0.15) is 41.3 Å². The molecule has 0 saturated heterocycles. The summed E-state index contributed by atoms with van der Waals surface area (Å²) in [4.78, 5) is 26.4. The summed E-state index contributed by atoms with van der Waals surface area (Å²) in [5.74, 6) is -0.232. The van der Waals surface area contributed by atoms with E-state index in [-0.39, 0.29) is 24.4 Å². The highest BCUT2D eigenvalue weighted by Gasteiger charge is 2.22. The minimum Gasteiger partial charge on any atom is -0.348 e. The molecule has 0 saturated carbocycles. The molecule has 2 rings (SSSR count). The minimum absolute atomic E-state index is 0.0638.